The highest BCUT2D eigenvalue weighted by Gasteiger charge is 2.34. The quantitative estimate of drug-likeness (QED) is 0.676. The minimum absolute atomic E-state index is 0.0302. The molecule has 0 radical (unpaired) electrons. The zero-order valence-electron chi connectivity index (χ0n) is 16.8. The van der Waals surface area contributed by atoms with E-state index in [4.69, 9.17) is 16.0 Å². The Kier molecular flexibility index (Phi) is 6.30. The molecule has 0 aromatic carbocycles. The molecule has 0 spiro atoms. The summed E-state index contributed by atoms with van der Waals surface area (Å²) in [6.45, 7) is 2.47. The molecule has 2 aliphatic carbocycles. The summed E-state index contributed by atoms with van der Waals surface area (Å²) >= 11 is 6.39. The first-order valence-electron chi connectivity index (χ1n) is 10.7. The fourth-order valence-corrected chi connectivity index (χ4v) is 5.16. The van der Waals surface area contributed by atoms with Crippen LogP contribution in [0.5, 0.6) is 0 Å². The van der Waals surface area contributed by atoms with E-state index in [1.165, 1.54) is 37.8 Å². The van der Waals surface area contributed by atoms with Crippen molar-refractivity contribution >= 4 is 17.5 Å². The maximum atomic E-state index is 12.7. The van der Waals surface area contributed by atoms with Crippen LogP contribution < -0.4 is 0 Å². The summed E-state index contributed by atoms with van der Waals surface area (Å²) in [5.74, 6) is 1.07. The van der Waals surface area contributed by atoms with Crippen LogP contribution in [0.3, 0.4) is 0 Å². The van der Waals surface area contributed by atoms with Crippen LogP contribution in [-0.2, 0) is 0 Å². The van der Waals surface area contributed by atoms with Gasteiger partial charge in [0.15, 0.2) is 5.76 Å². The molecule has 1 atom stereocenters. The molecule has 154 valence electrons. The number of likely N-dealkylation sites (tertiary alicyclic amines) is 1. The van der Waals surface area contributed by atoms with E-state index in [0.29, 0.717) is 35.2 Å². The maximum Gasteiger partial charge on any atom is 0.289 e. The van der Waals surface area contributed by atoms with E-state index in [9.17, 15) is 10.1 Å². The summed E-state index contributed by atoms with van der Waals surface area (Å²) in [4.78, 5) is 17.1. The molecule has 3 aliphatic rings. The van der Waals surface area contributed by atoms with E-state index in [-0.39, 0.29) is 11.9 Å². The van der Waals surface area contributed by atoms with Crippen LogP contribution in [0.15, 0.2) is 45.2 Å². The van der Waals surface area contributed by atoms with Crippen molar-refractivity contribution in [2.75, 3.05) is 19.6 Å². The Balaban J connectivity index is 1.52. The van der Waals surface area contributed by atoms with Crippen molar-refractivity contribution in [2.45, 2.75) is 57.4 Å². The fraction of sp³-hybridized carbons (Fsp3) is 0.565. The van der Waals surface area contributed by atoms with Crippen molar-refractivity contribution in [3.63, 3.8) is 0 Å². The summed E-state index contributed by atoms with van der Waals surface area (Å²) < 4.78 is 5.31. The van der Waals surface area contributed by atoms with Crippen LogP contribution in [0, 0.1) is 17.2 Å². The summed E-state index contributed by atoms with van der Waals surface area (Å²) in [5, 5.41) is 9.83. The maximum absolute atomic E-state index is 12.7. The molecule has 1 amide bonds. The number of carbonyl (C=O) groups is 1. The Hall–Kier alpha value is -2.19. The number of furan rings is 1. The molecular weight excluding hydrogens is 386 g/mol. The highest BCUT2D eigenvalue weighted by molar-refractivity contribution is 6.32. The van der Waals surface area contributed by atoms with Crippen molar-refractivity contribution in [3.8, 4) is 6.07 Å². The molecule has 1 unspecified atom stereocenters. The number of halogens is 1. The topological polar surface area (TPSA) is 60.5 Å². The Labute approximate surface area is 177 Å². The Morgan fingerprint density at radius 3 is 2.79 bits per heavy atom. The zero-order chi connectivity index (χ0) is 20.2. The van der Waals surface area contributed by atoms with Crippen molar-refractivity contribution in [2.24, 2.45) is 5.92 Å². The number of rotatable bonds is 5. The van der Waals surface area contributed by atoms with Crippen LogP contribution in [0.2, 0.25) is 0 Å². The molecule has 0 N–H and O–H groups in total. The SMILES string of the molecule is N#CC1=C(Cl)C=C(N(CC2CCCCC2)C2CCN(C(=O)c3ccco3)C2)CC1. The van der Waals surface area contributed by atoms with Gasteiger partial charge in [-0.1, -0.05) is 30.9 Å². The van der Waals surface area contributed by atoms with Gasteiger partial charge in [0.1, 0.15) is 0 Å². The molecule has 2 fully saturated rings. The lowest BCUT2D eigenvalue weighted by Crippen LogP contribution is -2.41. The molecule has 0 bridgehead atoms. The first kappa shape index (κ1) is 20.1. The van der Waals surface area contributed by atoms with Crippen molar-refractivity contribution in [3.05, 3.63) is 46.5 Å². The van der Waals surface area contributed by atoms with Crippen LogP contribution in [0.4, 0.5) is 0 Å². The second kappa shape index (κ2) is 9.09. The summed E-state index contributed by atoms with van der Waals surface area (Å²) in [7, 11) is 0. The second-order valence-electron chi connectivity index (χ2n) is 8.40. The molecule has 1 saturated heterocycles. The van der Waals surface area contributed by atoms with Gasteiger partial charge >= 0.3 is 0 Å². The van der Waals surface area contributed by atoms with Gasteiger partial charge in [0.25, 0.3) is 5.91 Å². The van der Waals surface area contributed by atoms with Gasteiger partial charge in [0, 0.05) is 36.9 Å². The van der Waals surface area contributed by atoms with Gasteiger partial charge in [0.2, 0.25) is 0 Å². The zero-order valence-corrected chi connectivity index (χ0v) is 17.5. The lowest BCUT2D eigenvalue weighted by Gasteiger charge is -2.38. The van der Waals surface area contributed by atoms with E-state index in [0.717, 1.165) is 25.9 Å². The third kappa shape index (κ3) is 4.53. The van der Waals surface area contributed by atoms with Crippen LogP contribution in [-0.4, -0.2) is 41.4 Å². The minimum atomic E-state index is -0.0302. The third-order valence-corrected chi connectivity index (χ3v) is 6.86. The van der Waals surface area contributed by atoms with E-state index < -0.39 is 0 Å². The molecule has 6 heteroatoms. The van der Waals surface area contributed by atoms with Crippen LogP contribution in [0.25, 0.3) is 0 Å². The average molecular weight is 414 g/mol. The Morgan fingerprint density at radius 1 is 1.28 bits per heavy atom. The van der Waals surface area contributed by atoms with E-state index >= 15 is 0 Å². The summed E-state index contributed by atoms with van der Waals surface area (Å²) in [5.41, 5.74) is 1.89. The molecule has 1 saturated carbocycles. The van der Waals surface area contributed by atoms with Gasteiger partial charge in [-0.2, -0.15) is 5.26 Å². The highest BCUT2D eigenvalue weighted by Crippen LogP contribution is 2.34. The molecule has 1 aromatic heterocycles. The number of carbonyl (C=O) groups excluding carboxylic acids is 1. The number of hydrogen-bond acceptors (Lipinski definition) is 4. The van der Waals surface area contributed by atoms with Gasteiger partial charge in [-0.15, -0.1) is 0 Å². The Morgan fingerprint density at radius 2 is 2.10 bits per heavy atom. The second-order valence-corrected chi connectivity index (χ2v) is 8.81. The molecule has 2 heterocycles. The lowest BCUT2D eigenvalue weighted by atomic mass is 9.88. The standard InChI is InChI=1S/C23H28ClN3O2/c24-21-13-19(9-8-18(21)14-25)27(15-17-5-2-1-3-6-17)20-10-11-26(16-20)23(28)22-7-4-12-29-22/h4,7,12-13,17,20H,1-3,5-6,8-11,15-16H2. The molecule has 1 aromatic rings. The van der Waals surface area contributed by atoms with Crippen molar-refractivity contribution in [1.29, 1.82) is 5.26 Å². The molecule has 1 aliphatic heterocycles. The van der Waals surface area contributed by atoms with Crippen LogP contribution in [0.1, 0.15) is 61.9 Å². The molecule has 29 heavy (non-hydrogen) atoms. The Bertz CT molecular complexity index is 831. The molecule has 4 rings (SSSR count). The summed E-state index contributed by atoms with van der Waals surface area (Å²) in [6, 6.07) is 5.99. The molecular formula is C23H28ClN3O2. The fourth-order valence-electron chi connectivity index (χ4n) is 4.90. The predicted molar refractivity (Wildman–Crippen MR) is 112 cm³/mol. The van der Waals surface area contributed by atoms with Gasteiger partial charge < -0.3 is 14.2 Å². The number of nitriles is 1. The predicted octanol–water partition coefficient (Wildman–Crippen LogP) is 5.07. The molecule has 5 nitrogen and oxygen atoms in total. The number of hydrogen-bond donors (Lipinski definition) is 0. The normalized spacial score (nSPS) is 23.1. The van der Waals surface area contributed by atoms with E-state index in [1.54, 1.807) is 18.4 Å². The highest BCUT2D eigenvalue weighted by atomic mass is 35.5. The first-order valence-corrected chi connectivity index (χ1v) is 11.1. The average Bonchev–Trinajstić information content (AvgIpc) is 3.45. The smallest absolute Gasteiger partial charge is 0.289 e. The van der Waals surface area contributed by atoms with Crippen molar-refractivity contribution in [1.82, 2.24) is 9.80 Å². The summed E-state index contributed by atoms with van der Waals surface area (Å²) in [6.07, 6.45) is 12.5. The van der Waals surface area contributed by atoms with Crippen LogP contribution >= 0.6 is 11.6 Å². The van der Waals surface area contributed by atoms with Gasteiger partial charge in [0.05, 0.1) is 17.4 Å². The lowest BCUT2D eigenvalue weighted by molar-refractivity contribution is 0.0746. The minimum Gasteiger partial charge on any atom is -0.459 e. The van der Waals surface area contributed by atoms with E-state index in [2.05, 4.69) is 11.0 Å². The van der Waals surface area contributed by atoms with Gasteiger partial charge in [-0.3, -0.25) is 4.79 Å². The third-order valence-electron chi connectivity index (χ3n) is 6.52. The van der Waals surface area contributed by atoms with Gasteiger partial charge in [-0.25, -0.2) is 0 Å². The number of amides is 1. The van der Waals surface area contributed by atoms with E-state index in [1.807, 2.05) is 11.0 Å². The van der Waals surface area contributed by atoms with Crippen molar-refractivity contribution < 1.29 is 9.21 Å². The number of nitrogens with zero attached hydrogens (tertiary/aromatic N) is 3. The first-order chi connectivity index (χ1) is 14.2. The number of allylic oxidation sites excluding steroid dienone is 4. The van der Waals surface area contributed by atoms with Gasteiger partial charge in [-0.05, 0) is 56.2 Å². The monoisotopic (exact) mass is 413 g/mol. The largest absolute Gasteiger partial charge is 0.459 e.